The highest BCUT2D eigenvalue weighted by molar-refractivity contribution is 6.30. The summed E-state index contributed by atoms with van der Waals surface area (Å²) < 4.78 is 0. The number of carbonyl (C=O) groups is 1. The number of rotatable bonds is 4. The molecule has 0 unspecified atom stereocenters. The summed E-state index contributed by atoms with van der Waals surface area (Å²) in [7, 11) is 0. The molecule has 0 bridgehead atoms. The quantitative estimate of drug-likeness (QED) is 0.838. The number of nitrogens with zero attached hydrogens (tertiary/aromatic N) is 2. The van der Waals surface area contributed by atoms with Crippen molar-refractivity contribution in [1.29, 1.82) is 0 Å². The van der Waals surface area contributed by atoms with Gasteiger partial charge in [0.25, 0.3) is 0 Å². The Kier molecular flexibility index (Phi) is 4.30. The van der Waals surface area contributed by atoms with Gasteiger partial charge >= 0.3 is 0 Å². The number of likely N-dealkylation sites (tertiary alicyclic amines) is 2. The molecule has 0 atom stereocenters. The van der Waals surface area contributed by atoms with Crippen LogP contribution in [-0.2, 0) is 17.8 Å². The van der Waals surface area contributed by atoms with E-state index in [0.717, 1.165) is 38.3 Å². The molecule has 2 saturated heterocycles. The van der Waals surface area contributed by atoms with Crippen molar-refractivity contribution in [3.05, 3.63) is 70.2 Å². The van der Waals surface area contributed by atoms with Gasteiger partial charge in [-0.1, -0.05) is 48.0 Å². The standard InChI is InChI=1S/C21H23ClN2O/c1-16-4-2-3-5-18(16)11-23-12-21(13-23)14-24(15-21)20(25)10-17-6-8-19(22)9-7-17/h2-9H,10-15H2,1H3. The highest BCUT2D eigenvalue weighted by Crippen LogP contribution is 2.40. The lowest BCUT2D eigenvalue weighted by atomic mass is 9.72. The van der Waals surface area contributed by atoms with Crippen LogP contribution in [0.3, 0.4) is 0 Å². The third-order valence-electron chi connectivity index (χ3n) is 5.45. The van der Waals surface area contributed by atoms with Crippen LogP contribution in [0, 0.1) is 12.3 Å². The zero-order chi connectivity index (χ0) is 17.4. The SMILES string of the molecule is Cc1ccccc1CN1CC2(C1)CN(C(=O)Cc1ccc(Cl)cc1)C2. The number of benzene rings is 2. The first-order valence-corrected chi connectivity index (χ1v) is 9.20. The Balaban J connectivity index is 1.25. The molecule has 4 rings (SSSR count). The maximum atomic E-state index is 12.4. The summed E-state index contributed by atoms with van der Waals surface area (Å²) in [6.45, 7) is 7.21. The van der Waals surface area contributed by atoms with E-state index < -0.39 is 0 Å². The summed E-state index contributed by atoms with van der Waals surface area (Å²) in [6.07, 6.45) is 0.472. The van der Waals surface area contributed by atoms with Gasteiger partial charge in [0.05, 0.1) is 6.42 Å². The Hall–Kier alpha value is -1.84. The van der Waals surface area contributed by atoms with E-state index in [0.29, 0.717) is 16.9 Å². The lowest BCUT2D eigenvalue weighted by molar-refractivity contribution is -0.159. The van der Waals surface area contributed by atoms with Crippen molar-refractivity contribution in [2.24, 2.45) is 5.41 Å². The second-order valence-corrected chi connectivity index (χ2v) is 8.06. The second kappa shape index (κ2) is 6.47. The van der Waals surface area contributed by atoms with Crippen LogP contribution in [0.5, 0.6) is 0 Å². The van der Waals surface area contributed by atoms with Crippen LogP contribution in [0.2, 0.25) is 5.02 Å². The van der Waals surface area contributed by atoms with Crippen molar-refractivity contribution >= 4 is 17.5 Å². The fourth-order valence-electron chi connectivity index (χ4n) is 4.07. The van der Waals surface area contributed by atoms with E-state index in [9.17, 15) is 4.79 Å². The second-order valence-electron chi connectivity index (χ2n) is 7.62. The van der Waals surface area contributed by atoms with Crippen molar-refractivity contribution in [1.82, 2.24) is 9.80 Å². The molecule has 2 aliphatic rings. The van der Waals surface area contributed by atoms with Gasteiger partial charge in [0.1, 0.15) is 0 Å². The number of amides is 1. The third-order valence-corrected chi connectivity index (χ3v) is 5.70. The summed E-state index contributed by atoms with van der Waals surface area (Å²) in [5.41, 5.74) is 4.15. The van der Waals surface area contributed by atoms with E-state index >= 15 is 0 Å². The topological polar surface area (TPSA) is 23.6 Å². The molecule has 0 radical (unpaired) electrons. The number of hydrogen-bond donors (Lipinski definition) is 0. The van der Waals surface area contributed by atoms with E-state index in [4.69, 9.17) is 11.6 Å². The molecule has 0 N–H and O–H groups in total. The molecule has 2 aromatic carbocycles. The molecule has 1 amide bonds. The van der Waals surface area contributed by atoms with Crippen molar-refractivity contribution in [2.75, 3.05) is 26.2 Å². The average molecular weight is 355 g/mol. The fraction of sp³-hybridized carbons (Fsp3) is 0.381. The molecular formula is C21H23ClN2O. The molecule has 0 saturated carbocycles. The smallest absolute Gasteiger partial charge is 0.227 e. The number of carbonyl (C=O) groups excluding carboxylic acids is 1. The van der Waals surface area contributed by atoms with Crippen LogP contribution < -0.4 is 0 Å². The highest BCUT2D eigenvalue weighted by atomic mass is 35.5. The van der Waals surface area contributed by atoms with Crippen molar-refractivity contribution in [3.8, 4) is 0 Å². The molecule has 4 heteroatoms. The van der Waals surface area contributed by atoms with Crippen LogP contribution in [0.25, 0.3) is 0 Å². The van der Waals surface area contributed by atoms with Crippen molar-refractivity contribution in [3.63, 3.8) is 0 Å². The highest BCUT2D eigenvalue weighted by Gasteiger charge is 2.52. The summed E-state index contributed by atoms with van der Waals surface area (Å²) in [5.74, 6) is 0.227. The first-order valence-electron chi connectivity index (χ1n) is 8.82. The van der Waals surface area contributed by atoms with E-state index in [2.05, 4.69) is 36.1 Å². The molecule has 0 aliphatic carbocycles. The van der Waals surface area contributed by atoms with Gasteiger partial charge in [-0.25, -0.2) is 0 Å². The van der Waals surface area contributed by atoms with Gasteiger partial charge in [0.2, 0.25) is 5.91 Å². The first-order chi connectivity index (χ1) is 12.0. The maximum absolute atomic E-state index is 12.4. The number of halogens is 1. The number of aryl methyl sites for hydroxylation is 1. The predicted molar refractivity (Wildman–Crippen MR) is 101 cm³/mol. The zero-order valence-corrected chi connectivity index (χ0v) is 15.3. The van der Waals surface area contributed by atoms with E-state index in [1.807, 2.05) is 29.2 Å². The summed E-state index contributed by atoms with van der Waals surface area (Å²) >= 11 is 5.89. The van der Waals surface area contributed by atoms with Gasteiger partial charge in [0.15, 0.2) is 0 Å². The Morgan fingerprint density at radius 1 is 1.04 bits per heavy atom. The molecule has 130 valence electrons. The van der Waals surface area contributed by atoms with Crippen LogP contribution in [0.15, 0.2) is 48.5 Å². The van der Waals surface area contributed by atoms with Crippen LogP contribution in [0.4, 0.5) is 0 Å². The average Bonchev–Trinajstić information content (AvgIpc) is 2.52. The Labute approximate surface area is 154 Å². The van der Waals surface area contributed by atoms with Gasteiger partial charge < -0.3 is 4.90 Å². The van der Waals surface area contributed by atoms with Crippen molar-refractivity contribution in [2.45, 2.75) is 19.9 Å². The van der Waals surface area contributed by atoms with Gasteiger partial charge in [-0.15, -0.1) is 0 Å². The minimum absolute atomic E-state index is 0.227. The van der Waals surface area contributed by atoms with E-state index in [1.54, 1.807) is 0 Å². The van der Waals surface area contributed by atoms with Crippen LogP contribution >= 0.6 is 11.6 Å². The van der Waals surface area contributed by atoms with Gasteiger partial charge in [0, 0.05) is 43.2 Å². The summed E-state index contributed by atoms with van der Waals surface area (Å²) in [6, 6.07) is 16.1. The first kappa shape index (κ1) is 16.6. The van der Waals surface area contributed by atoms with E-state index in [1.165, 1.54) is 11.1 Å². The predicted octanol–water partition coefficient (Wildman–Crippen LogP) is 3.54. The molecule has 0 aromatic heterocycles. The third kappa shape index (κ3) is 3.44. The lowest BCUT2D eigenvalue weighted by Crippen LogP contribution is -2.72. The van der Waals surface area contributed by atoms with Crippen molar-refractivity contribution < 1.29 is 4.79 Å². The van der Waals surface area contributed by atoms with Gasteiger partial charge in [-0.2, -0.15) is 0 Å². The molecule has 2 aliphatic heterocycles. The largest absolute Gasteiger partial charge is 0.341 e. The molecule has 2 fully saturated rings. The molecule has 1 spiro atoms. The molecule has 2 aromatic rings. The van der Waals surface area contributed by atoms with Crippen LogP contribution in [0.1, 0.15) is 16.7 Å². The lowest BCUT2D eigenvalue weighted by Gasteiger charge is -2.60. The van der Waals surface area contributed by atoms with Gasteiger partial charge in [-0.3, -0.25) is 9.69 Å². The maximum Gasteiger partial charge on any atom is 0.227 e. The molecule has 2 heterocycles. The zero-order valence-electron chi connectivity index (χ0n) is 14.5. The Morgan fingerprint density at radius 2 is 1.72 bits per heavy atom. The molecule has 3 nitrogen and oxygen atoms in total. The summed E-state index contributed by atoms with van der Waals surface area (Å²) in [4.78, 5) is 16.9. The van der Waals surface area contributed by atoms with Gasteiger partial charge in [-0.05, 0) is 35.7 Å². The number of hydrogen-bond acceptors (Lipinski definition) is 2. The minimum Gasteiger partial charge on any atom is -0.341 e. The Bertz CT molecular complexity index is 773. The normalized spacial score (nSPS) is 18.7. The Morgan fingerprint density at radius 3 is 2.40 bits per heavy atom. The monoisotopic (exact) mass is 354 g/mol. The fourth-order valence-corrected chi connectivity index (χ4v) is 4.20. The van der Waals surface area contributed by atoms with E-state index in [-0.39, 0.29) is 5.91 Å². The summed E-state index contributed by atoms with van der Waals surface area (Å²) in [5, 5.41) is 0.710. The molecular weight excluding hydrogens is 332 g/mol. The van der Waals surface area contributed by atoms with Crippen LogP contribution in [-0.4, -0.2) is 41.9 Å². The molecule has 25 heavy (non-hydrogen) atoms. The minimum atomic E-state index is 0.227.